The Hall–Kier alpha value is -6.38. The third-order valence-electron chi connectivity index (χ3n) is 16.4. The minimum atomic E-state index is -0.179. The van der Waals surface area contributed by atoms with Crippen molar-refractivity contribution in [2.45, 2.75) is 82.2 Å². The van der Waals surface area contributed by atoms with Gasteiger partial charge in [-0.3, -0.25) is 0 Å². The van der Waals surface area contributed by atoms with E-state index in [1.165, 1.54) is 99.4 Å². The highest BCUT2D eigenvalue weighted by Crippen LogP contribution is 2.64. The van der Waals surface area contributed by atoms with Crippen molar-refractivity contribution in [2.24, 2.45) is 23.7 Å². The lowest BCUT2D eigenvalue weighted by molar-refractivity contribution is 0.291. The largest absolute Gasteiger partial charge is 0.338 e. The van der Waals surface area contributed by atoms with Crippen LogP contribution in [0, 0.1) is 30.6 Å². The average molecular weight is 845 g/mol. The van der Waals surface area contributed by atoms with Crippen molar-refractivity contribution in [2.75, 3.05) is 9.80 Å². The van der Waals surface area contributed by atoms with E-state index in [9.17, 15) is 0 Å². The van der Waals surface area contributed by atoms with E-state index < -0.39 is 0 Å². The quantitative estimate of drug-likeness (QED) is 0.141. The number of para-hydroxylation sites is 1. The number of aryl methyl sites for hydroxylation is 1. The van der Waals surface area contributed by atoms with Crippen LogP contribution in [0.2, 0.25) is 0 Å². The molecule has 0 aromatic heterocycles. The molecular formula is C63H60N2. The second kappa shape index (κ2) is 16.6. The first-order valence-electron chi connectivity index (χ1n) is 24.6. The summed E-state index contributed by atoms with van der Waals surface area (Å²) in [5, 5.41) is 0. The highest BCUT2D eigenvalue weighted by atomic mass is 15.2. The second-order valence-corrected chi connectivity index (χ2v) is 20.0. The van der Waals surface area contributed by atoms with Gasteiger partial charge in [0.2, 0.25) is 0 Å². The maximum absolute atomic E-state index is 2.76. The number of nitrogens with zero attached hydrogens (tertiary/aromatic N) is 2. The molecule has 7 aromatic rings. The van der Waals surface area contributed by atoms with E-state index in [0.717, 1.165) is 18.8 Å². The summed E-state index contributed by atoms with van der Waals surface area (Å²) >= 11 is 0. The molecule has 2 saturated carbocycles. The van der Waals surface area contributed by atoms with Crippen molar-refractivity contribution in [3.63, 3.8) is 0 Å². The van der Waals surface area contributed by atoms with Crippen molar-refractivity contribution >= 4 is 22.7 Å². The number of fused-ring (bicyclic) bond motifs is 6. The fourth-order valence-electron chi connectivity index (χ4n) is 13.7. The molecule has 5 aliphatic rings. The lowest BCUT2D eigenvalue weighted by Gasteiger charge is -2.43. The van der Waals surface area contributed by atoms with Crippen LogP contribution < -0.4 is 9.80 Å². The van der Waals surface area contributed by atoms with Crippen molar-refractivity contribution in [3.8, 4) is 22.3 Å². The van der Waals surface area contributed by atoms with Gasteiger partial charge in [-0.2, -0.15) is 0 Å². The molecule has 0 N–H and O–H groups in total. The minimum absolute atomic E-state index is 0.179. The predicted octanol–water partition coefficient (Wildman–Crippen LogP) is 16.2. The molecule has 7 atom stereocenters. The number of rotatable bonds is 8. The molecule has 12 rings (SSSR count). The van der Waals surface area contributed by atoms with Gasteiger partial charge in [-0.25, -0.2) is 0 Å². The van der Waals surface area contributed by atoms with Crippen molar-refractivity contribution in [3.05, 3.63) is 228 Å². The summed E-state index contributed by atoms with van der Waals surface area (Å²) in [5.41, 5.74) is 17.5. The molecule has 4 aliphatic carbocycles. The van der Waals surface area contributed by atoms with Gasteiger partial charge in [0.1, 0.15) is 0 Å². The summed E-state index contributed by atoms with van der Waals surface area (Å²) in [4.78, 5) is 5.36. The highest BCUT2D eigenvalue weighted by Gasteiger charge is 2.58. The smallest absolute Gasteiger partial charge is 0.0525 e. The molecule has 2 fully saturated rings. The first kappa shape index (κ1) is 40.2. The van der Waals surface area contributed by atoms with Crippen LogP contribution in [-0.2, 0) is 5.41 Å². The Kier molecular flexibility index (Phi) is 10.2. The van der Waals surface area contributed by atoms with Crippen LogP contribution >= 0.6 is 0 Å². The van der Waals surface area contributed by atoms with E-state index in [1.54, 1.807) is 5.57 Å². The molecule has 65 heavy (non-hydrogen) atoms. The van der Waals surface area contributed by atoms with Gasteiger partial charge in [-0.05, 0) is 169 Å². The molecule has 0 radical (unpaired) electrons. The second-order valence-electron chi connectivity index (χ2n) is 20.0. The molecule has 322 valence electrons. The molecule has 1 aliphatic heterocycles. The standard InChI is InChI=1S/C63H60N2/c1-43-27-36-61-56(39-43)57-41-48(31-38-62(57)65(61)51-23-13-6-14-24-51)46-28-32-52(33-29-46)64(60-37-30-47(40-44(60)2)45-17-7-3-8-18-45)53-34-35-55-54-25-15-16-26-58(54)63(59(55)42-53,49-19-9-4-10-20-49)50-21-11-5-12-22-50/h3-15,17-25,28-33,37-38,40-43,53-56,58,61H,16,26-27,34-36,39H2,1-2H3/t43?,53?,54?,55?,56?,58-,61?/m0/s1. The molecule has 0 saturated heterocycles. The van der Waals surface area contributed by atoms with Gasteiger partial charge < -0.3 is 9.80 Å². The molecule has 2 heteroatoms. The van der Waals surface area contributed by atoms with Crippen LogP contribution in [0.15, 0.2) is 206 Å². The Morgan fingerprint density at radius 2 is 1.20 bits per heavy atom. The number of allylic oxidation sites excluding steroid dienone is 3. The maximum atomic E-state index is 2.76. The van der Waals surface area contributed by atoms with Crippen LogP contribution in [0.1, 0.15) is 80.0 Å². The van der Waals surface area contributed by atoms with Crippen LogP contribution in [-0.4, -0.2) is 12.1 Å². The third-order valence-corrected chi connectivity index (χ3v) is 16.4. The van der Waals surface area contributed by atoms with E-state index in [1.807, 2.05) is 0 Å². The Labute approximate surface area is 387 Å². The van der Waals surface area contributed by atoms with Crippen LogP contribution in [0.25, 0.3) is 22.3 Å². The van der Waals surface area contributed by atoms with Gasteiger partial charge in [0.15, 0.2) is 0 Å². The number of hydrogen-bond acceptors (Lipinski definition) is 2. The van der Waals surface area contributed by atoms with Gasteiger partial charge in [-0.1, -0.05) is 164 Å². The summed E-state index contributed by atoms with van der Waals surface area (Å²) < 4.78 is 0. The van der Waals surface area contributed by atoms with Gasteiger partial charge in [-0.15, -0.1) is 0 Å². The van der Waals surface area contributed by atoms with E-state index in [2.05, 4.69) is 224 Å². The van der Waals surface area contributed by atoms with Crippen molar-refractivity contribution in [1.29, 1.82) is 0 Å². The molecule has 0 spiro atoms. The molecule has 7 aromatic carbocycles. The van der Waals surface area contributed by atoms with Crippen molar-refractivity contribution < 1.29 is 0 Å². The first-order valence-corrected chi connectivity index (χ1v) is 24.6. The fraction of sp³-hybridized carbons (Fsp3) is 0.270. The van der Waals surface area contributed by atoms with Gasteiger partial charge >= 0.3 is 0 Å². The summed E-state index contributed by atoms with van der Waals surface area (Å²) in [5.74, 6) is 2.88. The van der Waals surface area contributed by atoms with E-state index in [0.29, 0.717) is 29.7 Å². The summed E-state index contributed by atoms with van der Waals surface area (Å²) in [7, 11) is 0. The Morgan fingerprint density at radius 3 is 1.91 bits per heavy atom. The zero-order chi connectivity index (χ0) is 43.5. The zero-order valence-electron chi connectivity index (χ0n) is 37.9. The first-order chi connectivity index (χ1) is 32.1. The average Bonchev–Trinajstić information content (AvgIpc) is 3.85. The molecule has 1 heterocycles. The monoisotopic (exact) mass is 844 g/mol. The van der Waals surface area contributed by atoms with Gasteiger partial charge in [0.25, 0.3) is 0 Å². The van der Waals surface area contributed by atoms with E-state index in [-0.39, 0.29) is 11.5 Å². The summed E-state index contributed by atoms with van der Waals surface area (Å²) in [6, 6.07) is 69.9. The molecule has 6 unspecified atom stereocenters. The Morgan fingerprint density at radius 1 is 0.569 bits per heavy atom. The highest BCUT2D eigenvalue weighted by molar-refractivity contribution is 5.80. The summed E-state index contributed by atoms with van der Waals surface area (Å²) in [6.07, 6.45) is 16.3. The van der Waals surface area contributed by atoms with Crippen LogP contribution in [0.4, 0.5) is 22.7 Å². The van der Waals surface area contributed by atoms with Gasteiger partial charge in [0, 0.05) is 40.1 Å². The molecule has 0 bridgehead atoms. The Bertz CT molecular complexity index is 2820. The predicted molar refractivity (Wildman–Crippen MR) is 272 cm³/mol. The minimum Gasteiger partial charge on any atom is -0.338 e. The SMILES string of the molecule is Cc1cc(-c2ccccc2)ccc1N(c1ccc(-c2ccc3c(c2)C2CC(C)CCC2N3c2ccccc2)cc1)C1C=C2C(CC1)C1C=CCC[C@@H]1C2(c1ccccc1)c1ccccc1. The van der Waals surface area contributed by atoms with E-state index >= 15 is 0 Å². The third kappa shape index (κ3) is 6.74. The maximum Gasteiger partial charge on any atom is 0.0525 e. The number of hydrogen-bond donors (Lipinski definition) is 0. The lowest BCUT2D eigenvalue weighted by atomic mass is 9.61. The molecule has 0 amide bonds. The van der Waals surface area contributed by atoms with E-state index in [4.69, 9.17) is 0 Å². The topological polar surface area (TPSA) is 6.48 Å². The van der Waals surface area contributed by atoms with Crippen LogP contribution in [0.5, 0.6) is 0 Å². The van der Waals surface area contributed by atoms with Crippen LogP contribution in [0.3, 0.4) is 0 Å². The molecule has 2 nitrogen and oxygen atoms in total. The van der Waals surface area contributed by atoms with Gasteiger partial charge in [0.05, 0.1) is 6.04 Å². The lowest BCUT2D eigenvalue weighted by Crippen LogP contribution is -2.39. The normalized spacial score (nSPS) is 24.9. The zero-order valence-corrected chi connectivity index (χ0v) is 37.9. The Balaban J connectivity index is 0.973. The molecular weight excluding hydrogens is 785 g/mol. The fourth-order valence-corrected chi connectivity index (χ4v) is 13.7. The van der Waals surface area contributed by atoms with Crippen molar-refractivity contribution in [1.82, 2.24) is 0 Å². The number of anilines is 4. The number of benzene rings is 7. The summed E-state index contributed by atoms with van der Waals surface area (Å²) in [6.45, 7) is 4.77.